The largest absolute Gasteiger partial charge is 0.409 e. The summed E-state index contributed by atoms with van der Waals surface area (Å²) in [4.78, 5) is 7.34. The molecule has 2 aromatic rings. The van der Waals surface area contributed by atoms with Crippen LogP contribution in [0, 0.1) is 11.7 Å². The summed E-state index contributed by atoms with van der Waals surface area (Å²) in [6.07, 6.45) is 0.750. The quantitative estimate of drug-likeness (QED) is 0.568. The molecule has 8 heteroatoms. The van der Waals surface area contributed by atoms with Crippen LogP contribution in [0.2, 0.25) is 23.3 Å². The van der Waals surface area contributed by atoms with Crippen LogP contribution < -0.4 is 0 Å². The molecule has 2 unspecified atom stereocenters. The van der Waals surface area contributed by atoms with Gasteiger partial charge in [0.25, 0.3) is 0 Å². The van der Waals surface area contributed by atoms with Crippen molar-refractivity contribution >= 4 is 31.0 Å². The fourth-order valence-corrected chi connectivity index (χ4v) is 5.29. The molecule has 0 bridgehead atoms. The van der Waals surface area contributed by atoms with Gasteiger partial charge in [-0.2, -0.15) is 0 Å². The molecular weight excluding hydrogens is 399 g/mol. The number of fused-ring (bicyclic) bond motifs is 2. The lowest BCUT2D eigenvalue weighted by Crippen LogP contribution is -2.47. The maximum atomic E-state index is 13.6. The van der Waals surface area contributed by atoms with Crippen LogP contribution in [-0.4, -0.2) is 49.8 Å². The second-order valence-corrected chi connectivity index (χ2v) is 14.6. The number of H-pyrrole nitrogens is 1. The summed E-state index contributed by atoms with van der Waals surface area (Å²) in [5.74, 6) is -0.289. The lowest BCUT2D eigenvalue weighted by atomic mass is 9.96. The molecule has 0 spiro atoms. The highest BCUT2D eigenvalue weighted by atomic mass is 35.5. The molecule has 2 aliphatic heterocycles. The minimum absolute atomic E-state index is 0.00632. The van der Waals surface area contributed by atoms with Crippen LogP contribution >= 0.6 is 11.6 Å². The molecule has 4 heterocycles. The molecule has 0 amide bonds. The zero-order valence-corrected chi connectivity index (χ0v) is 18.8. The Morgan fingerprint density at radius 2 is 1.96 bits per heavy atom. The number of halogens is 2. The van der Waals surface area contributed by atoms with Gasteiger partial charge in [0.1, 0.15) is 6.10 Å². The van der Waals surface area contributed by atoms with E-state index in [2.05, 4.69) is 43.8 Å². The van der Waals surface area contributed by atoms with Crippen molar-refractivity contribution in [2.75, 3.05) is 13.2 Å². The van der Waals surface area contributed by atoms with Crippen LogP contribution in [0.25, 0.3) is 11.0 Å². The smallest absolute Gasteiger partial charge is 0.192 e. The van der Waals surface area contributed by atoms with Crippen LogP contribution in [0.5, 0.6) is 0 Å². The van der Waals surface area contributed by atoms with Gasteiger partial charge in [0, 0.05) is 17.7 Å². The summed E-state index contributed by atoms with van der Waals surface area (Å²) >= 11 is 5.79. The van der Waals surface area contributed by atoms with Crippen molar-refractivity contribution in [2.24, 2.45) is 5.92 Å². The lowest BCUT2D eigenvalue weighted by Gasteiger charge is -2.39. The predicted molar refractivity (Wildman–Crippen MR) is 110 cm³/mol. The van der Waals surface area contributed by atoms with Gasteiger partial charge < -0.3 is 18.9 Å². The van der Waals surface area contributed by atoms with Gasteiger partial charge in [-0.15, -0.1) is 0 Å². The predicted octanol–water partition coefficient (Wildman–Crippen LogP) is 4.70. The third-order valence-corrected chi connectivity index (χ3v) is 11.2. The standard InChI is InChI=1S/C20H28ClFN2O3Si/c1-20(2,3)28(4,5)27-16-10-26-17-11(9-25-18(16)17)6-12-7-14-15(23-12)8-13(22)19(21)24-14/h7-8,11,16-18,23H,6,9-10H2,1-5H3/t11?,16?,17-,18-/m1/s1. The van der Waals surface area contributed by atoms with E-state index in [0.717, 1.165) is 12.1 Å². The number of pyridine rings is 1. The Kier molecular flexibility index (Phi) is 5.11. The highest BCUT2D eigenvalue weighted by molar-refractivity contribution is 6.74. The first kappa shape index (κ1) is 20.3. The van der Waals surface area contributed by atoms with Crippen molar-refractivity contribution in [2.45, 2.75) is 63.6 Å². The average molecular weight is 427 g/mol. The molecule has 0 aliphatic carbocycles. The summed E-state index contributed by atoms with van der Waals surface area (Å²) in [5, 5.41) is 0.0452. The van der Waals surface area contributed by atoms with E-state index in [0.29, 0.717) is 24.2 Å². The molecule has 2 saturated heterocycles. The minimum Gasteiger partial charge on any atom is -0.409 e. The lowest BCUT2D eigenvalue weighted by molar-refractivity contribution is 0.0230. The Morgan fingerprint density at radius 1 is 1.25 bits per heavy atom. The first-order chi connectivity index (χ1) is 13.0. The zero-order valence-electron chi connectivity index (χ0n) is 17.0. The van der Waals surface area contributed by atoms with E-state index in [1.807, 2.05) is 6.07 Å². The van der Waals surface area contributed by atoms with Gasteiger partial charge >= 0.3 is 0 Å². The Bertz CT molecular complexity index is 843. The van der Waals surface area contributed by atoms with Crippen LogP contribution in [0.4, 0.5) is 4.39 Å². The second kappa shape index (κ2) is 7.06. The van der Waals surface area contributed by atoms with Gasteiger partial charge in [-0.25, -0.2) is 9.37 Å². The molecule has 4 atom stereocenters. The SMILES string of the molecule is CC(C)(C)[Si](C)(C)OC1CO[C@@H]2C(Cc3cc4nc(Cl)c(F)cc4[nH]3)CO[C@H]12. The summed E-state index contributed by atoms with van der Waals surface area (Å²) in [7, 11) is -1.88. The van der Waals surface area contributed by atoms with E-state index in [1.165, 1.54) is 6.07 Å². The zero-order chi connectivity index (χ0) is 20.3. The first-order valence-electron chi connectivity index (χ1n) is 9.80. The number of hydrogen-bond acceptors (Lipinski definition) is 4. The summed E-state index contributed by atoms with van der Waals surface area (Å²) in [6.45, 7) is 12.4. The maximum Gasteiger partial charge on any atom is 0.192 e. The summed E-state index contributed by atoms with van der Waals surface area (Å²) in [5.41, 5.74) is 2.30. The van der Waals surface area contributed by atoms with Gasteiger partial charge in [0.2, 0.25) is 0 Å². The van der Waals surface area contributed by atoms with Crippen LogP contribution in [0.1, 0.15) is 26.5 Å². The highest BCUT2D eigenvalue weighted by Gasteiger charge is 2.51. The average Bonchev–Trinajstić information content (AvgIpc) is 3.25. The molecule has 0 saturated carbocycles. The van der Waals surface area contributed by atoms with Crippen molar-refractivity contribution in [3.63, 3.8) is 0 Å². The van der Waals surface area contributed by atoms with Crippen LogP contribution in [0.3, 0.4) is 0 Å². The highest BCUT2D eigenvalue weighted by Crippen LogP contribution is 2.41. The molecule has 2 aliphatic rings. The van der Waals surface area contributed by atoms with Crippen molar-refractivity contribution in [3.8, 4) is 0 Å². The molecule has 4 rings (SSSR count). The van der Waals surface area contributed by atoms with E-state index >= 15 is 0 Å². The molecule has 5 nitrogen and oxygen atoms in total. The third kappa shape index (κ3) is 3.63. The summed E-state index contributed by atoms with van der Waals surface area (Å²) < 4.78 is 32.4. The topological polar surface area (TPSA) is 56.4 Å². The molecule has 0 aromatic carbocycles. The number of nitrogens with one attached hydrogen (secondary N) is 1. The van der Waals surface area contributed by atoms with E-state index in [4.69, 9.17) is 25.5 Å². The van der Waals surface area contributed by atoms with E-state index < -0.39 is 14.1 Å². The maximum absolute atomic E-state index is 13.6. The minimum atomic E-state index is -1.88. The number of nitrogens with zero attached hydrogens (tertiary/aromatic N) is 1. The first-order valence-corrected chi connectivity index (χ1v) is 13.1. The number of aromatic nitrogens is 2. The van der Waals surface area contributed by atoms with E-state index in [9.17, 15) is 4.39 Å². The number of hydrogen-bond donors (Lipinski definition) is 1. The van der Waals surface area contributed by atoms with Gasteiger partial charge in [-0.1, -0.05) is 32.4 Å². The van der Waals surface area contributed by atoms with Gasteiger partial charge in [-0.3, -0.25) is 0 Å². The van der Waals surface area contributed by atoms with Crippen LogP contribution in [0.15, 0.2) is 12.1 Å². The Balaban J connectivity index is 1.45. The molecule has 0 radical (unpaired) electrons. The molecule has 1 N–H and O–H groups in total. The van der Waals surface area contributed by atoms with Crippen molar-refractivity contribution in [1.82, 2.24) is 9.97 Å². The molecule has 2 aromatic heterocycles. The molecule has 2 fully saturated rings. The Labute approximate surface area is 171 Å². The Hall–Kier alpha value is -0.993. The van der Waals surface area contributed by atoms with Crippen molar-refractivity contribution in [1.29, 1.82) is 0 Å². The fraction of sp³-hybridized carbons (Fsp3) is 0.650. The second-order valence-electron chi connectivity index (χ2n) is 9.47. The van der Waals surface area contributed by atoms with Crippen molar-refractivity contribution in [3.05, 3.63) is 28.8 Å². The number of rotatable bonds is 4. The van der Waals surface area contributed by atoms with Gasteiger partial charge in [0.15, 0.2) is 19.3 Å². The Morgan fingerprint density at radius 3 is 2.68 bits per heavy atom. The third-order valence-electron chi connectivity index (χ3n) is 6.41. The van der Waals surface area contributed by atoms with Crippen molar-refractivity contribution < 1.29 is 18.3 Å². The van der Waals surface area contributed by atoms with Gasteiger partial charge in [0.05, 0.1) is 36.5 Å². The van der Waals surface area contributed by atoms with E-state index in [1.54, 1.807) is 0 Å². The molecule has 28 heavy (non-hydrogen) atoms. The van der Waals surface area contributed by atoms with E-state index in [-0.39, 0.29) is 34.4 Å². The van der Waals surface area contributed by atoms with Crippen LogP contribution in [-0.2, 0) is 20.3 Å². The summed E-state index contributed by atoms with van der Waals surface area (Å²) in [6, 6.07) is 3.31. The number of aromatic amines is 1. The molecule has 154 valence electrons. The normalized spacial score (nSPS) is 28.2. The number of ether oxygens (including phenoxy) is 2. The van der Waals surface area contributed by atoms with Gasteiger partial charge in [-0.05, 0) is 30.6 Å². The monoisotopic (exact) mass is 426 g/mol. The fourth-order valence-electron chi connectivity index (χ4n) is 3.83. The molecular formula is C20H28ClFN2O3Si.